The fourth-order valence-corrected chi connectivity index (χ4v) is 4.87. The molecule has 2 heterocycles. The molecule has 1 aliphatic heterocycles. The predicted octanol–water partition coefficient (Wildman–Crippen LogP) is 0.975. The van der Waals surface area contributed by atoms with E-state index in [1.807, 2.05) is 5.38 Å². The van der Waals surface area contributed by atoms with Crippen LogP contribution >= 0.6 is 22.9 Å². The molecule has 0 bridgehead atoms. The summed E-state index contributed by atoms with van der Waals surface area (Å²) in [7, 11) is -2.88. The van der Waals surface area contributed by atoms with E-state index in [4.69, 9.17) is 11.6 Å². The number of hydrogen-bond acceptors (Lipinski definition) is 5. The Bertz CT molecular complexity index is 556. The summed E-state index contributed by atoms with van der Waals surface area (Å²) in [5, 5.41) is 5.33. The van der Waals surface area contributed by atoms with E-state index < -0.39 is 9.84 Å². The van der Waals surface area contributed by atoms with Gasteiger partial charge in [0.05, 0.1) is 29.5 Å². The zero-order valence-corrected chi connectivity index (χ0v) is 12.7. The maximum Gasteiger partial charge on any atom is 0.226 e. The molecule has 1 saturated heterocycles. The Hall–Kier alpha value is -0.660. The lowest BCUT2D eigenvalue weighted by Gasteiger charge is -2.08. The van der Waals surface area contributed by atoms with Gasteiger partial charge in [-0.05, 0) is 12.3 Å². The summed E-state index contributed by atoms with van der Waals surface area (Å²) >= 11 is 7.05. The first-order chi connectivity index (χ1) is 8.98. The molecular formula is C11H15ClN2O3S2. The van der Waals surface area contributed by atoms with Crippen LogP contribution < -0.4 is 5.32 Å². The molecule has 1 unspecified atom stereocenters. The summed E-state index contributed by atoms with van der Waals surface area (Å²) < 4.78 is 22.6. The standard InChI is InChI=1S/C11H15ClN2O3S2/c12-4-9-6-18-11(14-9)3-10(15)13-5-8-1-2-19(16,17)7-8/h6,8H,1-5,7H2,(H,13,15). The molecular weight excluding hydrogens is 308 g/mol. The Morgan fingerprint density at radius 3 is 2.95 bits per heavy atom. The molecule has 0 saturated carbocycles. The van der Waals surface area contributed by atoms with Crippen molar-refractivity contribution in [2.24, 2.45) is 5.92 Å². The normalized spacial score (nSPS) is 21.4. The van der Waals surface area contributed by atoms with Crippen molar-refractivity contribution in [1.82, 2.24) is 10.3 Å². The molecule has 1 fully saturated rings. The van der Waals surface area contributed by atoms with E-state index in [9.17, 15) is 13.2 Å². The number of sulfone groups is 1. The van der Waals surface area contributed by atoms with E-state index in [0.29, 0.717) is 18.8 Å². The van der Waals surface area contributed by atoms with Gasteiger partial charge >= 0.3 is 0 Å². The van der Waals surface area contributed by atoms with Crippen LogP contribution in [0.15, 0.2) is 5.38 Å². The summed E-state index contributed by atoms with van der Waals surface area (Å²) in [5.74, 6) is 0.682. The average Bonchev–Trinajstić information content (AvgIpc) is 2.93. The highest BCUT2D eigenvalue weighted by Gasteiger charge is 2.27. The zero-order chi connectivity index (χ0) is 13.9. The monoisotopic (exact) mass is 322 g/mol. The number of nitrogens with one attached hydrogen (secondary N) is 1. The smallest absolute Gasteiger partial charge is 0.226 e. The van der Waals surface area contributed by atoms with Gasteiger partial charge in [-0.15, -0.1) is 22.9 Å². The van der Waals surface area contributed by atoms with Crippen molar-refractivity contribution in [3.8, 4) is 0 Å². The van der Waals surface area contributed by atoms with Crippen molar-refractivity contribution in [1.29, 1.82) is 0 Å². The summed E-state index contributed by atoms with van der Waals surface area (Å²) in [6.45, 7) is 0.422. The summed E-state index contributed by atoms with van der Waals surface area (Å²) in [6, 6.07) is 0. The number of aromatic nitrogens is 1. The number of alkyl halides is 1. The number of carbonyl (C=O) groups excluding carboxylic acids is 1. The molecule has 0 aromatic carbocycles. The molecule has 1 aromatic rings. The highest BCUT2D eigenvalue weighted by atomic mass is 35.5. The number of hydrogen-bond donors (Lipinski definition) is 1. The largest absolute Gasteiger partial charge is 0.355 e. The fourth-order valence-electron chi connectivity index (χ4n) is 1.98. The first-order valence-corrected chi connectivity index (χ1v) is 9.18. The van der Waals surface area contributed by atoms with E-state index in [1.165, 1.54) is 11.3 Å². The molecule has 0 aliphatic carbocycles. The van der Waals surface area contributed by atoms with Crippen molar-refractivity contribution >= 4 is 38.7 Å². The third kappa shape index (κ3) is 4.43. The Morgan fingerprint density at radius 2 is 2.37 bits per heavy atom. The number of thiazole rings is 1. The molecule has 106 valence electrons. The van der Waals surface area contributed by atoms with Crippen LogP contribution in [0.2, 0.25) is 0 Å². The van der Waals surface area contributed by atoms with Crippen LogP contribution in [0.4, 0.5) is 0 Å². The van der Waals surface area contributed by atoms with E-state index in [1.54, 1.807) is 0 Å². The molecule has 1 amide bonds. The van der Waals surface area contributed by atoms with E-state index in [2.05, 4.69) is 10.3 Å². The third-order valence-electron chi connectivity index (χ3n) is 2.96. The quantitative estimate of drug-likeness (QED) is 0.820. The minimum absolute atomic E-state index is 0.0450. The number of carbonyl (C=O) groups is 1. The van der Waals surface area contributed by atoms with Crippen molar-refractivity contribution in [3.05, 3.63) is 16.1 Å². The van der Waals surface area contributed by atoms with E-state index >= 15 is 0 Å². The molecule has 2 rings (SSSR count). The van der Waals surface area contributed by atoms with E-state index in [-0.39, 0.29) is 29.8 Å². The van der Waals surface area contributed by atoms with Crippen molar-refractivity contribution in [3.63, 3.8) is 0 Å². The third-order valence-corrected chi connectivity index (χ3v) is 5.97. The first kappa shape index (κ1) is 14.7. The topological polar surface area (TPSA) is 76.1 Å². The van der Waals surface area contributed by atoms with Gasteiger partial charge in [-0.25, -0.2) is 13.4 Å². The number of amides is 1. The molecule has 0 spiro atoms. The van der Waals surface area contributed by atoms with Crippen LogP contribution in [0.3, 0.4) is 0 Å². The van der Waals surface area contributed by atoms with Gasteiger partial charge in [0, 0.05) is 11.9 Å². The van der Waals surface area contributed by atoms with Crippen molar-refractivity contribution < 1.29 is 13.2 Å². The van der Waals surface area contributed by atoms with Crippen LogP contribution in [-0.4, -0.2) is 37.4 Å². The molecule has 5 nitrogen and oxygen atoms in total. The van der Waals surface area contributed by atoms with Crippen LogP contribution in [0.25, 0.3) is 0 Å². The molecule has 1 N–H and O–H groups in total. The van der Waals surface area contributed by atoms with Crippen LogP contribution in [0.1, 0.15) is 17.1 Å². The first-order valence-electron chi connectivity index (χ1n) is 5.95. The highest BCUT2D eigenvalue weighted by Crippen LogP contribution is 2.17. The van der Waals surface area contributed by atoms with Crippen molar-refractivity contribution in [2.45, 2.75) is 18.7 Å². The minimum Gasteiger partial charge on any atom is -0.355 e. The maximum absolute atomic E-state index is 11.7. The Kier molecular flexibility index (Phi) is 4.81. The Labute approximate surface area is 121 Å². The van der Waals surface area contributed by atoms with Gasteiger partial charge in [0.2, 0.25) is 5.91 Å². The van der Waals surface area contributed by atoms with Gasteiger partial charge in [0.1, 0.15) is 5.01 Å². The van der Waals surface area contributed by atoms with Gasteiger partial charge in [-0.2, -0.15) is 0 Å². The zero-order valence-electron chi connectivity index (χ0n) is 10.3. The van der Waals surface area contributed by atoms with Gasteiger partial charge in [0.15, 0.2) is 9.84 Å². The second-order valence-electron chi connectivity index (χ2n) is 4.62. The minimum atomic E-state index is -2.88. The highest BCUT2D eigenvalue weighted by molar-refractivity contribution is 7.91. The van der Waals surface area contributed by atoms with Gasteiger partial charge < -0.3 is 5.32 Å². The van der Waals surface area contributed by atoms with Gasteiger partial charge in [-0.3, -0.25) is 4.79 Å². The summed E-state index contributed by atoms with van der Waals surface area (Å²) in [5.41, 5.74) is 0.774. The SMILES string of the molecule is O=C(Cc1nc(CCl)cs1)NCC1CCS(=O)(=O)C1. The van der Waals surface area contributed by atoms with Gasteiger partial charge in [-0.1, -0.05) is 0 Å². The van der Waals surface area contributed by atoms with Gasteiger partial charge in [0.25, 0.3) is 0 Å². The molecule has 1 aromatic heterocycles. The lowest BCUT2D eigenvalue weighted by Crippen LogP contribution is -2.30. The molecule has 8 heteroatoms. The number of rotatable bonds is 5. The second-order valence-corrected chi connectivity index (χ2v) is 8.05. The molecule has 0 radical (unpaired) electrons. The maximum atomic E-state index is 11.7. The molecule has 1 atom stereocenters. The lowest BCUT2D eigenvalue weighted by molar-refractivity contribution is -0.120. The van der Waals surface area contributed by atoms with Crippen LogP contribution in [0.5, 0.6) is 0 Å². The Balaban J connectivity index is 1.76. The predicted molar refractivity (Wildman–Crippen MR) is 75.1 cm³/mol. The van der Waals surface area contributed by atoms with Crippen LogP contribution in [-0.2, 0) is 26.9 Å². The second kappa shape index (κ2) is 6.19. The lowest BCUT2D eigenvalue weighted by atomic mass is 10.1. The summed E-state index contributed by atoms with van der Waals surface area (Å²) in [4.78, 5) is 15.9. The van der Waals surface area contributed by atoms with Crippen LogP contribution in [0, 0.1) is 5.92 Å². The van der Waals surface area contributed by atoms with Crippen molar-refractivity contribution in [2.75, 3.05) is 18.1 Å². The molecule has 19 heavy (non-hydrogen) atoms. The molecule has 1 aliphatic rings. The number of halogens is 1. The number of nitrogens with zero attached hydrogens (tertiary/aromatic N) is 1. The Morgan fingerprint density at radius 1 is 1.58 bits per heavy atom. The fraction of sp³-hybridized carbons (Fsp3) is 0.636. The average molecular weight is 323 g/mol. The summed E-state index contributed by atoms with van der Waals surface area (Å²) in [6.07, 6.45) is 0.858. The van der Waals surface area contributed by atoms with E-state index in [0.717, 1.165) is 10.7 Å².